The first-order valence-electron chi connectivity index (χ1n) is 3.85. The molecule has 0 bridgehead atoms. The maximum atomic E-state index is 5.82. The van der Waals surface area contributed by atoms with Gasteiger partial charge in [-0.15, -0.1) is 0 Å². The quantitative estimate of drug-likeness (QED) is 0.592. The predicted molar refractivity (Wildman–Crippen MR) is 55.2 cm³/mol. The summed E-state index contributed by atoms with van der Waals surface area (Å²) < 4.78 is 0. The molecule has 4 nitrogen and oxygen atoms in total. The van der Waals surface area contributed by atoms with Gasteiger partial charge in [0.2, 0.25) is 5.96 Å². The molecule has 1 aliphatic rings. The Balaban J connectivity index is 2.37. The van der Waals surface area contributed by atoms with Crippen molar-refractivity contribution in [2.75, 3.05) is 17.8 Å². The van der Waals surface area contributed by atoms with Gasteiger partial charge in [-0.1, -0.05) is 11.6 Å². The molecule has 1 aliphatic heterocycles. The van der Waals surface area contributed by atoms with Crippen molar-refractivity contribution in [1.29, 1.82) is 0 Å². The number of nitrogens with zero attached hydrogens (tertiary/aromatic N) is 1. The number of rotatable bonds is 0. The van der Waals surface area contributed by atoms with Crippen LogP contribution >= 0.6 is 11.6 Å². The fourth-order valence-electron chi connectivity index (χ4n) is 1.13. The molecule has 0 radical (unpaired) electrons. The van der Waals surface area contributed by atoms with Crippen LogP contribution in [0.15, 0.2) is 23.2 Å². The van der Waals surface area contributed by atoms with Gasteiger partial charge in [0.05, 0.1) is 11.4 Å². The fraction of sp³-hybridized carbons (Fsp3) is 0.125. The number of aliphatic imine (C=N–C) groups is 1. The first-order valence-corrected chi connectivity index (χ1v) is 4.23. The third-order valence-electron chi connectivity index (χ3n) is 1.77. The van der Waals surface area contributed by atoms with Gasteiger partial charge >= 0.3 is 0 Å². The second-order valence-corrected chi connectivity index (χ2v) is 3.07. The maximum Gasteiger partial charge on any atom is 0.214 e. The molecule has 0 saturated heterocycles. The number of benzene rings is 1. The lowest BCUT2D eigenvalue weighted by atomic mass is 10.2. The highest BCUT2D eigenvalue weighted by atomic mass is 35.5. The van der Waals surface area contributed by atoms with Crippen LogP contribution in [0.3, 0.4) is 0 Å². The molecular formula is C8H9ClN4. The first-order chi connectivity index (χ1) is 6.29. The van der Waals surface area contributed by atoms with E-state index in [-0.39, 0.29) is 0 Å². The maximum absolute atomic E-state index is 5.82. The van der Waals surface area contributed by atoms with Crippen LogP contribution in [0.1, 0.15) is 0 Å². The Morgan fingerprint density at radius 1 is 1.23 bits per heavy atom. The monoisotopic (exact) mass is 196 g/mol. The zero-order chi connectivity index (χ0) is 9.26. The Labute approximate surface area is 81.0 Å². The van der Waals surface area contributed by atoms with Crippen molar-refractivity contribution in [3.05, 3.63) is 23.2 Å². The van der Waals surface area contributed by atoms with E-state index in [9.17, 15) is 0 Å². The van der Waals surface area contributed by atoms with E-state index >= 15 is 0 Å². The van der Waals surface area contributed by atoms with Crippen LogP contribution in [0.5, 0.6) is 0 Å². The van der Waals surface area contributed by atoms with E-state index in [4.69, 9.17) is 11.6 Å². The smallest absolute Gasteiger partial charge is 0.214 e. The number of hydrazine groups is 1. The summed E-state index contributed by atoms with van der Waals surface area (Å²) >= 11 is 5.82. The molecule has 0 saturated carbocycles. The number of hydrogen-bond donors (Lipinski definition) is 3. The molecule has 1 aromatic rings. The van der Waals surface area contributed by atoms with Gasteiger partial charge in [-0.2, -0.15) is 0 Å². The Bertz CT molecular complexity index is 361. The van der Waals surface area contributed by atoms with Crippen LogP contribution in [0, 0.1) is 0 Å². The highest BCUT2D eigenvalue weighted by Crippen LogP contribution is 2.26. The van der Waals surface area contributed by atoms with Crippen molar-refractivity contribution in [3.8, 4) is 0 Å². The Morgan fingerprint density at radius 3 is 2.85 bits per heavy atom. The molecule has 2 rings (SSSR count). The summed E-state index contributed by atoms with van der Waals surface area (Å²) in [5.74, 6) is 0.690. The van der Waals surface area contributed by atoms with Crippen LogP contribution in [0.25, 0.3) is 0 Å². The van der Waals surface area contributed by atoms with Gasteiger partial charge < -0.3 is 5.32 Å². The third-order valence-corrected chi connectivity index (χ3v) is 2.01. The molecule has 0 aromatic heterocycles. The van der Waals surface area contributed by atoms with Gasteiger partial charge in [0, 0.05) is 12.1 Å². The summed E-state index contributed by atoms with van der Waals surface area (Å²) in [4.78, 5) is 3.97. The Morgan fingerprint density at radius 2 is 2.08 bits per heavy atom. The van der Waals surface area contributed by atoms with Crippen molar-refractivity contribution in [2.45, 2.75) is 0 Å². The first kappa shape index (κ1) is 8.19. The van der Waals surface area contributed by atoms with E-state index in [1.165, 1.54) is 0 Å². The lowest BCUT2D eigenvalue weighted by Gasteiger charge is -2.22. The summed E-state index contributed by atoms with van der Waals surface area (Å²) in [6.45, 7) is 0. The van der Waals surface area contributed by atoms with E-state index < -0.39 is 0 Å². The number of fused-ring (bicyclic) bond motifs is 1. The van der Waals surface area contributed by atoms with Crippen LogP contribution in [-0.2, 0) is 0 Å². The molecule has 0 amide bonds. The molecule has 1 aromatic carbocycles. The van der Waals surface area contributed by atoms with E-state index in [1.807, 2.05) is 18.2 Å². The highest BCUT2D eigenvalue weighted by molar-refractivity contribution is 6.31. The van der Waals surface area contributed by atoms with Crippen LogP contribution in [-0.4, -0.2) is 13.0 Å². The predicted octanol–water partition coefficient (Wildman–Crippen LogP) is 1.67. The van der Waals surface area contributed by atoms with Gasteiger partial charge in [-0.25, -0.2) is 0 Å². The zero-order valence-corrected chi connectivity index (χ0v) is 7.81. The van der Waals surface area contributed by atoms with Crippen molar-refractivity contribution in [2.24, 2.45) is 4.99 Å². The van der Waals surface area contributed by atoms with Gasteiger partial charge in [-0.05, 0) is 18.2 Å². The number of nitrogens with one attached hydrogen (secondary N) is 3. The standard InChI is InChI=1S/C8H9ClN4/c1-10-8-11-6-3-2-5(9)4-7(6)12-13-8/h2-4,12H,1H3,(H2,10,11,13). The van der Waals surface area contributed by atoms with E-state index in [0.717, 1.165) is 11.4 Å². The molecule has 0 atom stereocenters. The van der Waals surface area contributed by atoms with Crippen LogP contribution in [0.4, 0.5) is 11.4 Å². The average molecular weight is 197 g/mol. The Hall–Kier alpha value is -1.42. The lowest BCUT2D eigenvalue weighted by Crippen LogP contribution is -2.39. The van der Waals surface area contributed by atoms with Crippen molar-refractivity contribution in [3.63, 3.8) is 0 Å². The lowest BCUT2D eigenvalue weighted by molar-refractivity contribution is 1.07. The molecule has 0 aliphatic carbocycles. The van der Waals surface area contributed by atoms with Crippen LogP contribution in [0.2, 0.25) is 5.02 Å². The zero-order valence-electron chi connectivity index (χ0n) is 7.06. The van der Waals surface area contributed by atoms with Gasteiger partial charge in [0.1, 0.15) is 0 Å². The van der Waals surface area contributed by atoms with E-state index in [0.29, 0.717) is 11.0 Å². The molecule has 1 heterocycles. The summed E-state index contributed by atoms with van der Waals surface area (Å²) in [6.07, 6.45) is 0. The minimum atomic E-state index is 0.690. The molecule has 0 spiro atoms. The van der Waals surface area contributed by atoms with Gasteiger partial charge in [0.15, 0.2) is 0 Å². The van der Waals surface area contributed by atoms with Crippen molar-refractivity contribution in [1.82, 2.24) is 5.43 Å². The fourth-order valence-corrected chi connectivity index (χ4v) is 1.30. The molecule has 3 N–H and O–H groups in total. The summed E-state index contributed by atoms with van der Waals surface area (Å²) in [5.41, 5.74) is 7.74. The normalized spacial score (nSPS) is 16.9. The largest absolute Gasteiger partial charge is 0.323 e. The Kier molecular flexibility index (Phi) is 1.98. The molecule has 0 fully saturated rings. The van der Waals surface area contributed by atoms with Crippen LogP contribution < -0.4 is 16.2 Å². The second-order valence-electron chi connectivity index (χ2n) is 2.64. The van der Waals surface area contributed by atoms with Crippen molar-refractivity contribution >= 4 is 28.9 Å². The van der Waals surface area contributed by atoms with Gasteiger partial charge in [-0.3, -0.25) is 15.8 Å². The van der Waals surface area contributed by atoms with E-state index in [2.05, 4.69) is 21.2 Å². The molecule has 5 heteroatoms. The topological polar surface area (TPSA) is 48.5 Å². The summed E-state index contributed by atoms with van der Waals surface area (Å²) in [7, 11) is 1.71. The number of guanidine groups is 1. The van der Waals surface area contributed by atoms with Crippen molar-refractivity contribution < 1.29 is 0 Å². The number of halogens is 1. The number of anilines is 2. The summed E-state index contributed by atoms with van der Waals surface area (Å²) in [5, 5.41) is 3.79. The highest BCUT2D eigenvalue weighted by Gasteiger charge is 2.10. The molecular weight excluding hydrogens is 188 g/mol. The number of hydrogen-bond acceptors (Lipinski definition) is 2. The van der Waals surface area contributed by atoms with E-state index in [1.54, 1.807) is 7.05 Å². The molecule has 0 unspecified atom stereocenters. The summed E-state index contributed by atoms with van der Waals surface area (Å²) in [6, 6.07) is 5.56. The third kappa shape index (κ3) is 1.53. The SMILES string of the molecule is CN=C1NNc2cc(Cl)ccc2N1. The molecule has 13 heavy (non-hydrogen) atoms. The average Bonchev–Trinajstić information content (AvgIpc) is 2.17. The minimum absolute atomic E-state index is 0.690. The van der Waals surface area contributed by atoms with Gasteiger partial charge in [0.25, 0.3) is 0 Å². The molecule has 68 valence electrons. The second kappa shape index (κ2) is 3.14. The minimum Gasteiger partial charge on any atom is -0.323 e.